The summed E-state index contributed by atoms with van der Waals surface area (Å²) in [6, 6.07) is 14.9. The lowest BCUT2D eigenvalue weighted by atomic mass is 10.1. The van der Waals surface area contributed by atoms with Crippen LogP contribution >= 0.6 is 0 Å². The fraction of sp³-hybridized carbons (Fsp3) is 0.471. The van der Waals surface area contributed by atoms with Gasteiger partial charge in [0.25, 0.3) is 0 Å². The number of nitrogens with zero attached hydrogens (tertiary/aromatic N) is 3. The van der Waals surface area contributed by atoms with E-state index in [0.29, 0.717) is 17.9 Å². The number of carbonyl (C=O) groups excluding carboxylic acids is 6. The molecule has 2 aromatic carbocycles. The Labute approximate surface area is 279 Å². The highest BCUT2D eigenvalue weighted by Gasteiger charge is 2.38. The van der Waals surface area contributed by atoms with Gasteiger partial charge in [-0.1, -0.05) is 42.5 Å². The van der Waals surface area contributed by atoms with Crippen molar-refractivity contribution in [3.8, 4) is 5.75 Å². The number of alkyl carbamates (subject to hydrolysis) is 1. The second-order valence-electron chi connectivity index (χ2n) is 12.9. The van der Waals surface area contributed by atoms with E-state index in [2.05, 4.69) is 10.6 Å². The van der Waals surface area contributed by atoms with Gasteiger partial charge in [0.05, 0.1) is 26.2 Å². The van der Waals surface area contributed by atoms with Gasteiger partial charge in [-0.3, -0.25) is 34.3 Å². The Bertz CT molecular complexity index is 1460. The van der Waals surface area contributed by atoms with Gasteiger partial charge in [0.2, 0.25) is 23.6 Å². The Hall–Kier alpha value is -4.82. The van der Waals surface area contributed by atoms with E-state index in [1.807, 2.05) is 44.2 Å². The van der Waals surface area contributed by atoms with E-state index in [1.165, 1.54) is 0 Å². The van der Waals surface area contributed by atoms with E-state index in [-0.39, 0.29) is 44.7 Å². The summed E-state index contributed by atoms with van der Waals surface area (Å²) in [5.41, 5.74) is 0.884. The lowest BCUT2D eigenvalue weighted by Crippen LogP contribution is -2.62. The molecule has 2 saturated heterocycles. The maximum Gasteiger partial charge on any atom is 0.408 e. The Balaban J connectivity index is 1.35. The topological polar surface area (TPSA) is 164 Å². The van der Waals surface area contributed by atoms with Crippen molar-refractivity contribution in [3.05, 3.63) is 65.7 Å². The van der Waals surface area contributed by atoms with Crippen LogP contribution < -0.4 is 15.4 Å². The molecule has 2 aromatic rings. The summed E-state index contributed by atoms with van der Waals surface area (Å²) in [6.45, 7) is 8.24. The molecule has 0 spiro atoms. The van der Waals surface area contributed by atoms with Crippen LogP contribution in [-0.2, 0) is 46.5 Å². The first kappa shape index (κ1) is 36.0. The van der Waals surface area contributed by atoms with Crippen molar-refractivity contribution in [2.75, 3.05) is 32.9 Å². The minimum Gasteiger partial charge on any atom is -0.489 e. The summed E-state index contributed by atoms with van der Waals surface area (Å²) >= 11 is 0. The fourth-order valence-corrected chi connectivity index (χ4v) is 5.27. The molecule has 0 bridgehead atoms. The number of benzene rings is 2. The van der Waals surface area contributed by atoms with Gasteiger partial charge in [-0.2, -0.15) is 0 Å². The highest BCUT2D eigenvalue weighted by molar-refractivity contribution is 6.00. The van der Waals surface area contributed by atoms with Gasteiger partial charge < -0.3 is 19.5 Å². The van der Waals surface area contributed by atoms with E-state index in [4.69, 9.17) is 14.2 Å². The number of amides is 5. The molecule has 258 valence electrons. The first-order valence-electron chi connectivity index (χ1n) is 15.7. The third-order valence-electron chi connectivity index (χ3n) is 8.02. The summed E-state index contributed by atoms with van der Waals surface area (Å²) in [5.74, 6) is -2.21. The van der Waals surface area contributed by atoms with Crippen molar-refractivity contribution in [1.82, 2.24) is 25.3 Å². The standard InChI is InChI=1S/C34H43N5O9/c1-22(37-16-28(40)36-29(41)17-37)23(2)38-18-30(42)39(31(43)19-38)21-47-32(44)27(35-33(45)48-34(3,4)5)15-24-11-13-26(14-12-24)46-20-25-9-7-6-8-10-25/h6-14,22-23,27H,15-21H2,1-5H3,(H,35,45)(H,36,40,41). The number of hydrogen-bond donors (Lipinski definition) is 2. The first-order valence-corrected chi connectivity index (χ1v) is 15.7. The molecule has 0 saturated carbocycles. The molecule has 2 aliphatic rings. The highest BCUT2D eigenvalue weighted by atomic mass is 16.6. The number of imide groups is 2. The van der Waals surface area contributed by atoms with Crippen LogP contribution in [0.25, 0.3) is 0 Å². The van der Waals surface area contributed by atoms with Crippen molar-refractivity contribution in [1.29, 1.82) is 0 Å². The van der Waals surface area contributed by atoms with Crippen molar-refractivity contribution in [2.45, 2.75) is 71.4 Å². The van der Waals surface area contributed by atoms with Crippen LogP contribution in [0.4, 0.5) is 4.79 Å². The van der Waals surface area contributed by atoms with Crippen molar-refractivity contribution in [2.24, 2.45) is 0 Å². The van der Waals surface area contributed by atoms with Crippen LogP contribution in [0, 0.1) is 0 Å². The highest BCUT2D eigenvalue weighted by Crippen LogP contribution is 2.18. The van der Waals surface area contributed by atoms with Crippen LogP contribution in [0.15, 0.2) is 54.6 Å². The molecule has 14 heteroatoms. The van der Waals surface area contributed by atoms with Crippen LogP contribution in [0.3, 0.4) is 0 Å². The van der Waals surface area contributed by atoms with Gasteiger partial charge in [-0.15, -0.1) is 0 Å². The first-order chi connectivity index (χ1) is 22.7. The minimum atomic E-state index is -1.19. The second kappa shape index (κ2) is 15.8. The number of nitrogens with one attached hydrogen (secondary N) is 2. The zero-order chi connectivity index (χ0) is 35.0. The maximum atomic E-state index is 13.3. The zero-order valence-electron chi connectivity index (χ0n) is 27.9. The normalized spacial score (nSPS) is 18.1. The van der Waals surface area contributed by atoms with Crippen LogP contribution in [0.2, 0.25) is 0 Å². The predicted octanol–water partition coefficient (Wildman–Crippen LogP) is 1.61. The summed E-state index contributed by atoms with van der Waals surface area (Å²) in [7, 11) is 0. The molecule has 2 N–H and O–H groups in total. The summed E-state index contributed by atoms with van der Waals surface area (Å²) < 4.78 is 16.6. The Morgan fingerprint density at radius 1 is 0.812 bits per heavy atom. The predicted molar refractivity (Wildman–Crippen MR) is 172 cm³/mol. The Kier molecular flexibility index (Phi) is 11.9. The van der Waals surface area contributed by atoms with Crippen molar-refractivity contribution >= 4 is 35.7 Å². The number of hydrogen-bond acceptors (Lipinski definition) is 11. The third kappa shape index (κ3) is 10.3. The maximum absolute atomic E-state index is 13.3. The average molecular weight is 666 g/mol. The van der Waals surface area contributed by atoms with E-state index in [0.717, 1.165) is 10.5 Å². The van der Waals surface area contributed by atoms with E-state index in [9.17, 15) is 28.8 Å². The molecule has 0 aromatic heterocycles. The Morgan fingerprint density at radius 3 is 1.94 bits per heavy atom. The van der Waals surface area contributed by atoms with Gasteiger partial charge in [0.1, 0.15) is 24.0 Å². The molecule has 4 rings (SSSR count). The zero-order valence-corrected chi connectivity index (χ0v) is 27.9. The third-order valence-corrected chi connectivity index (χ3v) is 8.02. The molecular weight excluding hydrogens is 622 g/mol. The SMILES string of the molecule is CC(C(C)N1CC(=O)N(COC(=O)C(Cc2ccc(OCc3ccccc3)cc2)NC(=O)OC(C)(C)C)C(=O)C1)N1CC(=O)NC(=O)C1. The van der Waals surface area contributed by atoms with Gasteiger partial charge in [0.15, 0.2) is 6.73 Å². The molecule has 3 atom stereocenters. The Morgan fingerprint density at radius 2 is 1.38 bits per heavy atom. The number of piperazine rings is 2. The van der Waals surface area contributed by atoms with Crippen molar-refractivity contribution < 1.29 is 43.0 Å². The molecule has 48 heavy (non-hydrogen) atoms. The van der Waals surface area contributed by atoms with Crippen LogP contribution in [0.5, 0.6) is 5.75 Å². The van der Waals surface area contributed by atoms with Gasteiger partial charge in [-0.05, 0) is 57.9 Å². The fourth-order valence-electron chi connectivity index (χ4n) is 5.27. The molecule has 5 amide bonds. The molecule has 2 fully saturated rings. The monoisotopic (exact) mass is 665 g/mol. The molecule has 2 aliphatic heterocycles. The smallest absolute Gasteiger partial charge is 0.408 e. The van der Waals surface area contributed by atoms with Crippen molar-refractivity contribution in [3.63, 3.8) is 0 Å². The minimum absolute atomic E-state index is 0.0275. The van der Waals surface area contributed by atoms with Crippen LogP contribution in [-0.4, -0.2) is 107 Å². The van der Waals surface area contributed by atoms with Crippen LogP contribution in [0.1, 0.15) is 45.7 Å². The largest absolute Gasteiger partial charge is 0.489 e. The molecule has 0 radical (unpaired) electrons. The van der Waals surface area contributed by atoms with E-state index < -0.39 is 54.1 Å². The van der Waals surface area contributed by atoms with Gasteiger partial charge in [0, 0.05) is 18.5 Å². The number of esters is 1. The molecule has 3 unspecified atom stereocenters. The molecule has 0 aliphatic carbocycles. The quantitative estimate of drug-likeness (QED) is 0.250. The lowest BCUT2D eigenvalue weighted by Gasteiger charge is -2.42. The second-order valence-corrected chi connectivity index (χ2v) is 12.9. The summed E-state index contributed by atoms with van der Waals surface area (Å²) in [5, 5.41) is 4.80. The number of ether oxygens (including phenoxy) is 3. The average Bonchev–Trinajstić information content (AvgIpc) is 3.02. The molecular formula is C34H43N5O9. The lowest BCUT2D eigenvalue weighted by molar-refractivity contribution is -0.166. The molecule has 2 heterocycles. The summed E-state index contributed by atoms with van der Waals surface area (Å²) in [6.07, 6.45) is -0.789. The summed E-state index contributed by atoms with van der Waals surface area (Å²) in [4.78, 5) is 79.9. The van der Waals surface area contributed by atoms with E-state index >= 15 is 0 Å². The molecule has 14 nitrogen and oxygen atoms in total. The number of rotatable bonds is 12. The van der Waals surface area contributed by atoms with E-state index in [1.54, 1.807) is 54.8 Å². The number of carbonyl (C=O) groups is 6. The van der Waals surface area contributed by atoms with Gasteiger partial charge in [-0.25, -0.2) is 14.5 Å². The van der Waals surface area contributed by atoms with Gasteiger partial charge >= 0.3 is 12.1 Å².